The molecule has 1 aromatic rings. The molecule has 29 heavy (non-hydrogen) atoms. The minimum Gasteiger partial charge on any atom is -0.393 e. The highest BCUT2D eigenvalue weighted by Crippen LogP contribution is 2.66. The maximum atomic E-state index is 11.9. The monoisotopic (exact) mass is 480 g/mol. The third-order valence-corrected chi connectivity index (χ3v) is 7.84. The van der Waals surface area contributed by atoms with Crippen molar-refractivity contribution >= 4 is 23.5 Å². The van der Waals surface area contributed by atoms with Crippen LogP contribution in [0.25, 0.3) is 0 Å². The Kier molecular flexibility index (Phi) is 7.26. The van der Waals surface area contributed by atoms with Crippen LogP contribution in [-0.2, 0) is 26.8 Å². The second-order valence-electron chi connectivity index (χ2n) is 6.32. The number of aromatic nitrogens is 2. The number of aryl methyl sites for hydroxylation is 1. The van der Waals surface area contributed by atoms with E-state index in [1.54, 1.807) is 0 Å². The van der Waals surface area contributed by atoms with Crippen molar-refractivity contribution in [2.24, 2.45) is 5.92 Å². The minimum atomic E-state index is -5.63. The van der Waals surface area contributed by atoms with E-state index < -0.39 is 59.4 Å². The second-order valence-corrected chi connectivity index (χ2v) is 10.7. The summed E-state index contributed by atoms with van der Waals surface area (Å²) in [5.41, 5.74) is -1.00. The largest absolute Gasteiger partial charge is 0.490 e. The number of phosphoric ester groups is 1. The summed E-state index contributed by atoms with van der Waals surface area (Å²) in [6, 6.07) is -0.567. The molecule has 0 spiro atoms. The molecule has 0 radical (unpaired) electrons. The van der Waals surface area contributed by atoms with Crippen molar-refractivity contribution in [2.45, 2.75) is 31.9 Å². The molecule has 6 N–H and O–H groups in total. The summed E-state index contributed by atoms with van der Waals surface area (Å²) in [5.74, 6) is -0.802. The fourth-order valence-corrected chi connectivity index (χ4v) is 5.91. The summed E-state index contributed by atoms with van der Waals surface area (Å²) in [5, 5.41) is 10.1. The molecule has 2 rings (SSSR count). The lowest BCUT2D eigenvalue weighted by atomic mass is 10.1. The lowest BCUT2D eigenvalue weighted by Gasteiger charge is -2.19. The van der Waals surface area contributed by atoms with E-state index in [0.717, 1.165) is 0 Å². The molecule has 3 unspecified atom stereocenters. The molecule has 1 aliphatic rings. The van der Waals surface area contributed by atoms with E-state index in [4.69, 9.17) is 14.7 Å². The zero-order chi connectivity index (χ0) is 22.2. The number of rotatable bonds is 8. The number of nitrogens with zero attached hydrogens (tertiary/aromatic N) is 1. The Balaban J connectivity index is 2.03. The summed E-state index contributed by atoms with van der Waals surface area (Å²) in [6.07, 6.45) is 0.355. The van der Waals surface area contributed by atoms with E-state index in [9.17, 15) is 33.3 Å². The first kappa shape index (κ1) is 24.3. The van der Waals surface area contributed by atoms with Gasteiger partial charge in [-0.2, -0.15) is 8.62 Å². The number of aromatic amines is 1. The van der Waals surface area contributed by atoms with Crippen molar-refractivity contribution in [1.82, 2.24) is 9.55 Å². The van der Waals surface area contributed by atoms with Gasteiger partial charge in [-0.1, -0.05) is 0 Å². The molecule has 1 heterocycles. The molecule has 0 bridgehead atoms. The van der Waals surface area contributed by atoms with E-state index in [0.29, 0.717) is 0 Å². The Hall–Kier alpha value is -0.950. The Labute approximate surface area is 162 Å². The van der Waals surface area contributed by atoms with Crippen LogP contribution in [0, 0.1) is 12.8 Å². The van der Waals surface area contributed by atoms with Gasteiger partial charge in [-0.05, 0) is 19.8 Å². The molecule has 1 aromatic heterocycles. The van der Waals surface area contributed by atoms with Gasteiger partial charge in [0.1, 0.15) is 0 Å². The number of aliphatic hydroxyl groups is 1. The van der Waals surface area contributed by atoms with Gasteiger partial charge in [-0.25, -0.2) is 18.5 Å². The molecule has 0 aromatic carbocycles. The zero-order valence-corrected chi connectivity index (χ0v) is 17.4. The molecule has 1 fully saturated rings. The predicted octanol–water partition coefficient (Wildman–Crippen LogP) is -0.500. The van der Waals surface area contributed by atoms with Gasteiger partial charge in [0.15, 0.2) is 0 Å². The van der Waals surface area contributed by atoms with E-state index in [1.807, 2.05) is 0 Å². The first-order valence-corrected chi connectivity index (χ1v) is 12.4. The van der Waals surface area contributed by atoms with Gasteiger partial charge in [-0.3, -0.25) is 18.9 Å². The Morgan fingerprint density at radius 1 is 1.10 bits per heavy atom. The highest BCUT2D eigenvalue weighted by Gasteiger charge is 2.42. The molecule has 0 saturated heterocycles. The maximum Gasteiger partial charge on any atom is 0.490 e. The maximum absolute atomic E-state index is 11.9. The number of nitrogens with one attached hydrogen (secondary N) is 1. The first-order valence-electron chi connectivity index (χ1n) is 7.87. The Morgan fingerprint density at radius 3 is 2.31 bits per heavy atom. The van der Waals surface area contributed by atoms with Gasteiger partial charge >= 0.3 is 29.2 Å². The normalized spacial score (nSPS) is 26.8. The van der Waals surface area contributed by atoms with E-state index >= 15 is 0 Å². The molecule has 166 valence electrons. The second kappa shape index (κ2) is 8.66. The average Bonchev–Trinajstić information content (AvgIpc) is 2.86. The van der Waals surface area contributed by atoms with Gasteiger partial charge in [0.2, 0.25) is 0 Å². The third-order valence-electron chi connectivity index (χ3n) is 4.04. The van der Waals surface area contributed by atoms with Crippen molar-refractivity contribution in [1.29, 1.82) is 0 Å². The molecule has 5 atom stereocenters. The van der Waals surface area contributed by atoms with Gasteiger partial charge in [0, 0.05) is 23.7 Å². The number of phosphoric acid groups is 3. The minimum absolute atomic E-state index is 0.0514. The van der Waals surface area contributed by atoms with Crippen molar-refractivity contribution in [3.63, 3.8) is 0 Å². The number of aliphatic hydroxyl groups excluding tert-OH is 1. The average molecular weight is 480 g/mol. The summed E-state index contributed by atoms with van der Waals surface area (Å²) in [6.45, 7) is 0.825. The van der Waals surface area contributed by atoms with Crippen LogP contribution < -0.4 is 11.2 Å². The molecule has 0 amide bonds. The topological polar surface area (TPSA) is 235 Å². The molecule has 0 aliphatic heterocycles. The van der Waals surface area contributed by atoms with E-state index in [-0.39, 0.29) is 18.4 Å². The van der Waals surface area contributed by atoms with Crippen LogP contribution in [0.3, 0.4) is 0 Å². The van der Waals surface area contributed by atoms with Gasteiger partial charge in [0.05, 0.1) is 12.7 Å². The fourth-order valence-electron chi connectivity index (χ4n) is 2.83. The van der Waals surface area contributed by atoms with Crippen molar-refractivity contribution in [3.05, 3.63) is 32.6 Å². The molecule has 1 aliphatic carbocycles. The van der Waals surface area contributed by atoms with Crippen molar-refractivity contribution in [3.8, 4) is 0 Å². The van der Waals surface area contributed by atoms with Gasteiger partial charge < -0.3 is 24.7 Å². The fraction of sp³-hybridized carbons (Fsp3) is 0.636. The first-order chi connectivity index (χ1) is 13.1. The third kappa shape index (κ3) is 7.06. The van der Waals surface area contributed by atoms with Crippen LogP contribution in [0.4, 0.5) is 0 Å². The molecule has 1 saturated carbocycles. The highest BCUT2D eigenvalue weighted by molar-refractivity contribution is 7.66. The van der Waals surface area contributed by atoms with Crippen molar-refractivity contribution in [2.75, 3.05) is 6.61 Å². The quantitative estimate of drug-likeness (QED) is 0.258. The van der Waals surface area contributed by atoms with Crippen LogP contribution in [0.5, 0.6) is 0 Å². The van der Waals surface area contributed by atoms with Crippen LogP contribution in [-0.4, -0.2) is 46.9 Å². The van der Waals surface area contributed by atoms with Crippen LogP contribution >= 0.6 is 23.5 Å². The smallest absolute Gasteiger partial charge is 0.393 e. The summed E-state index contributed by atoms with van der Waals surface area (Å²) < 4.78 is 46.5. The predicted molar refractivity (Wildman–Crippen MR) is 93.6 cm³/mol. The number of H-pyrrole nitrogens is 1. The molecule has 15 nitrogen and oxygen atoms in total. The lowest BCUT2D eigenvalue weighted by molar-refractivity contribution is 0.0834. The Bertz CT molecular complexity index is 1010. The summed E-state index contributed by atoms with van der Waals surface area (Å²) in [4.78, 5) is 61.0. The number of hydrogen-bond acceptors (Lipinski definition) is 9. The van der Waals surface area contributed by atoms with Gasteiger partial charge in [0.25, 0.3) is 5.56 Å². The van der Waals surface area contributed by atoms with E-state index in [2.05, 4.69) is 18.1 Å². The van der Waals surface area contributed by atoms with Crippen LogP contribution in [0.1, 0.15) is 24.4 Å². The summed E-state index contributed by atoms with van der Waals surface area (Å²) in [7, 11) is -16.4. The zero-order valence-electron chi connectivity index (χ0n) is 14.7. The molecular weight excluding hydrogens is 461 g/mol. The molecule has 18 heteroatoms. The van der Waals surface area contributed by atoms with Crippen molar-refractivity contribution < 1.29 is 51.5 Å². The lowest BCUT2D eigenvalue weighted by Crippen LogP contribution is -2.32. The SMILES string of the molecule is Cc1cn([C@H]2CC(O)[C@@H](COP(=O)(O)OP(=O)(O)OP(=O)(O)O)C2)c(=O)[nH]c1=O. The van der Waals surface area contributed by atoms with E-state index in [1.165, 1.54) is 17.7 Å². The standard InChI is InChI=1S/C11H19N2O13P3/c1-6-4-13(11(16)12-10(6)15)8-2-7(9(14)3-8)5-24-28(20,21)26-29(22,23)25-27(17,18)19/h4,7-9,14H,2-3,5H2,1H3,(H,20,21)(H,22,23)(H,12,15,16)(H2,17,18,19)/t7-,8-,9?/m1/s1. The number of hydrogen-bond donors (Lipinski definition) is 6. The molecular formula is C11H19N2O13P3. The van der Waals surface area contributed by atoms with Crippen LogP contribution in [0.15, 0.2) is 15.8 Å². The van der Waals surface area contributed by atoms with Gasteiger partial charge in [-0.15, -0.1) is 0 Å². The summed E-state index contributed by atoms with van der Waals surface area (Å²) >= 11 is 0. The highest BCUT2D eigenvalue weighted by atomic mass is 31.3. The van der Waals surface area contributed by atoms with Crippen LogP contribution in [0.2, 0.25) is 0 Å². The Morgan fingerprint density at radius 2 is 1.72 bits per heavy atom.